The van der Waals surface area contributed by atoms with Gasteiger partial charge in [0.2, 0.25) is 0 Å². The van der Waals surface area contributed by atoms with Gasteiger partial charge in [0, 0.05) is 23.1 Å². The van der Waals surface area contributed by atoms with Crippen molar-refractivity contribution in [1.29, 1.82) is 0 Å². The van der Waals surface area contributed by atoms with Gasteiger partial charge >= 0.3 is 5.97 Å². The summed E-state index contributed by atoms with van der Waals surface area (Å²) in [5, 5.41) is 8.73. The topological polar surface area (TPSA) is 53.7 Å². The molecule has 0 saturated carbocycles. The van der Waals surface area contributed by atoms with Crippen LogP contribution in [0.15, 0.2) is 45.3 Å². The lowest BCUT2D eigenvalue weighted by Gasteiger charge is -2.37. The zero-order valence-corrected chi connectivity index (χ0v) is 13.0. The number of carboxylic acid groups (broad SMARTS) is 1. The fourth-order valence-corrected chi connectivity index (χ4v) is 2.90. The van der Waals surface area contributed by atoms with Gasteiger partial charge in [0.1, 0.15) is 11.5 Å². The monoisotopic (exact) mass is 349 g/mol. The van der Waals surface area contributed by atoms with Gasteiger partial charge in [0.15, 0.2) is 0 Å². The third-order valence-electron chi connectivity index (χ3n) is 3.67. The van der Waals surface area contributed by atoms with E-state index in [0.717, 1.165) is 41.2 Å². The Morgan fingerprint density at radius 1 is 1.24 bits per heavy atom. The molecule has 1 saturated heterocycles. The molecule has 4 nitrogen and oxygen atoms in total. The molecule has 5 heteroatoms. The summed E-state index contributed by atoms with van der Waals surface area (Å²) in [6.07, 6.45) is 0.263. The number of halogens is 1. The van der Waals surface area contributed by atoms with E-state index in [9.17, 15) is 4.79 Å². The number of hydrogen-bond acceptors (Lipinski definition) is 3. The summed E-state index contributed by atoms with van der Waals surface area (Å²) in [7, 11) is 0. The van der Waals surface area contributed by atoms with E-state index in [0.29, 0.717) is 0 Å². The molecule has 0 atom stereocenters. The molecular formula is C16H16BrNO3. The van der Waals surface area contributed by atoms with Crippen molar-refractivity contribution < 1.29 is 14.3 Å². The zero-order chi connectivity index (χ0) is 14.8. The highest BCUT2D eigenvalue weighted by Gasteiger charge is 2.28. The largest absolute Gasteiger partial charge is 0.481 e. The van der Waals surface area contributed by atoms with Crippen LogP contribution in [-0.2, 0) is 11.3 Å². The number of hydrogen-bond donors (Lipinski definition) is 1. The van der Waals surface area contributed by atoms with Crippen molar-refractivity contribution in [3.05, 3.63) is 46.6 Å². The lowest BCUT2D eigenvalue weighted by molar-refractivity contribution is -0.139. The molecule has 3 rings (SSSR count). The summed E-state index contributed by atoms with van der Waals surface area (Å²) >= 11 is 3.42. The van der Waals surface area contributed by atoms with Crippen molar-refractivity contribution in [2.45, 2.75) is 13.0 Å². The lowest BCUT2D eigenvalue weighted by Crippen LogP contribution is -2.46. The Bertz CT molecular complexity index is 629. The summed E-state index contributed by atoms with van der Waals surface area (Å²) < 4.78 is 6.90. The molecule has 2 aromatic rings. The van der Waals surface area contributed by atoms with Gasteiger partial charge in [-0.05, 0) is 30.2 Å². The number of nitrogens with zero attached hydrogens (tertiary/aromatic N) is 1. The standard InChI is InChI=1S/C16H16BrNO3/c17-13-3-1-12(2-4-13)15-6-5-14(21-15)10-18-8-11(9-18)7-16(19)20/h1-6,11H,7-10H2,(H,19,20). The van der Waals surface area contributed by atoms with E-state index in [2.05, 4.69) is 20.8 Å². The summed E-state index contributed by atoms with van der Waals surface area (Å²) in [5.74, 6) is 1.35. The van der Waals surface area contributed by atoms with Crippen molar-refractivity contribution in [3.63, 3.8) is 0 Å². The smallest absolute Gasteiger partial charge is 0.303 e. The van der Waals surface area contributed by atoms with Gasteiger partial charge in [-0.2, -0.15) is 0 Å². The van der Waals surface area contributed by atoms with Gasteiger partial charge in [-0.25, -0.2) is 0 Å². The zero-order valence-electron chi connectivity index (χ0n) is 11.5. The van der Waals surface area contributed by atoms with Crippen molar-refractivity contribution in [2.24, 2.45) is 5.92 Å². The van der Waals surface area contributed by atoms with E-state index in [1.807, 2.05) is 36.4 Å². The van der Waals surface area contributed by atoms with Crippen LogP contribution in [0.25, 0.3) is 11.3 Å². The fourth-order valence-electron chi connectivity index (χ4n) is 2.63. The minimum Gasteiger partial charge on any atom is -0.481 e. The van der Waals surface area contributed by atoms with Gasteiger partial charge in [0.05, 0.1) is 13.0 Å². The van der Waals surface area contributed by atoms with Crippen molar-refractivity contribution in [1.82, 2.24) is 4.90 Å². The SMILES string of the molecule is O=C(O)CC1CN(Cc2ccc(-c3ccc(Br)cc3)o2)C1. The predicted octanol–water partition coefficient (Wildman–Crippen LogP) is 3.62. The third-order valence-corrected chi connectivity index (χ3v) is 4.19. The number of aliphatic carboxylic acids is 1. The molecule has 0 unspecified atom stereocenters. The minimum absolute atomic E-state index is 0.263. The summed E-state index contributed by atoms with van der Waals surface area (Å²) in [6.45, 7) is 2.41. The second kappa shape index (κ2) is 6.03. The normalized spacial score (nSPS) is 15.9. The Balaban J connectivity index is 1.57. The maximum Gasteiger partial charge on any atom is 0.303 e. The molecule has 1 fully saturated rings. The fraction of sp³-hybridized carbons (Fsp3) is 0.312. The lowest BCUT2D eigenvalue weighted by atomic mass is 9.96. The molecule has 0 radical (unpaired) electrons. The van der Waals surface area contributed by atoms with Crippen LogP contribution in [-0.4, -0.2) is 29.1 Å². The average molecular weight is 350 g/mol. The van der Waals surface area contributed by atoms with Gasteiger partial charge in [-0.1, -0.05) is 28.1 Å². The number of carbonyl (C=O) groups is 1. The summed E-state index contributed by atoms with van der Waals surface area (Å²) in [6, 6.07) is 12.0. The molecule has 0 spiro atoms. The van der Waals surface area contributed by atoms with Crippen LogP contribution in [0.5, 0.6) is 0 Å². The third kappa shape index (κ3) is 3.54. The summed E-state index contributed by atoms with van der Waals surface area (Å²) in [5.41, 5.74) is 1.05. The molecule has 0 bridgehead atoms. The molecule has 1 aromatic carbocycles. The molecule has 21 heavy (non-hydrogen) atoms. The number of furan rings is 1. The molecule has 110 valence electrons. The van der Waals surface area contributed by atoms with Crippen molar-refractivity contribution in [2.75, 3.05) is 13.1 Å². The number of likely N-dealkylation sites (tertiary alicyclic amines) is 1. The molecule has 0 amide bonds. The van der Waals surface area contributed by atoms with Crippen LogP contribution in [0.4, 0.5) is 0 Å². The first-order valence-corrected chi connectivity index (χ1v) is 7.68. The van der Waals surface area contributed by atoms with Crippen molar-refractivity contribution >= 4 is 21.9 Å². The Hall–Kier alpha value is -1.59. The van der Waals surface area contributed by atoms with E-state index in [1.54, 1.807) is 0 Å². The first kappa shape index (κ1) is 14.4. The van der Waals surface area contributed by atoms with Gasteiger partial charge in [-0.15, -0.1) is 0 Å². The maximum atomic E-state index is 10.6. The second-order valence-electron chi connectivity index (χ2n) is 5.43. The first-order chi connectivity index (χ1) is 10.1. The van der Waals surface area contributed by atoms with Crippen LogP contribution in [0.3, 0.4) is 0 Å². The summed E-state index contributed by atoms with van der Waals surface area (Å²) in [4.78, 5) is 12.8. The highest BCUT2D eigenvalue weighted by molar-refractivity contribution is 9.10. The molecule has 1 aromatic heterocycles. The highest BCUT2D eigenvalue weighted by atomic mass is 79.9. The maximum absolute atomic E-state index is 10.6. The van der Waals surface area contributed by atoms with Crippen LogP contribution in [0, 0.1) is 5.92 Å². The highest BCUT2D eigenvalue weighted by Crippen LogP contribution is 2.26. The first-order valence-electron chi connectivity index (χ1n) is 6.89. The van der Waals surface area contributed by atoms with E-state index < -0.39 is 5.97 Å². The van der Waals surface area contributed by atoms with Gasteiger partial charge in [0.25, 0.3) is 0 Å². The molecule has 1 N–H and O–H groups in total. The Labute approximate surface area is 131 Å². The Morgan fingerprint density at radius 3 is 2.62 bits per heavy atom. The molecule has 2 heterocycles. The molecule has 1 aliphatic rings. The van der Waals surface area contributed by atoms with Crippen LogP contribution in [0.1, 0.15) is 12.2 Å². The predicted molar refractivity (Wildman–Crippen MR) is 82.9 cm³/mol. The second-order valence-corrected chi connectivity index (χ2v) is 6.35. The van der Waals surface area contributed by atoms with Crippen LogP contribution in [0.2, 0.25) is 0 Å². The van der Waals surface area contributed by atoms with Crippen LogP contribution < -0.4 is 0 Å². The quantitative estimate of drug-likeness (QED) is 0.895. The van der Waals surface area contributed by atoms with E-state index in [4.69, 9.17) is 9.52 Å². The van der Waals surface area contributed by atoms with Gasteiger partial charge < -0.3 is 9.52 Å². The number of benzene rings is 1. The van der Waals surface area contributed by atoms with Gasteiger partial charge in [-0.3, -0.25) is 9.69 Å². The average Bonchev–Trinajstić information content (AvgIpc) is 2.85. The molecular weight excluding hydrogens is 334 g/mol. The number of carboxylic acids is 1. The van der Waals surface area contributed by atoms with E-state index in [1.165, 1.54) is 0 Å². The minimum atomic E-state index is -0.713. The number of rotatable bonds is 5. The Morgan fingerprint density at radius 2 is 1.95 bits per heavy atom. The van der Waals surface area contributed by atoms with E-state index >= 15 is 0 Å². The van der Waals surface area contributed by atoms with Crippen molar-refractivity contribution in [3.8, 4) is 11.3 Å². The van der Waals surface area contributed by atoms with Crippen LogP contribution >= 0.6 is 15.9 Å². The molecule has 0 aliphatic carbocycles. The van der Waals surface area contributed by atoms with E-state index in [-0.39, 0.29) is 12.3 Å². The Kier molecular flexibility index (Phi) is 4.12. The molecule has 1 aliphatic heterocycles.